The van der Waals surface area contributed by atoms with Crippen molar-refractivity contribution < 1.29 is 8.78 Å². The minimum atomic E-state index is -2.48. The molecule has 1 aliphatic rings. The van der Waals surface area contributed by atoms with Gasteiger partial charge in [0.15, 0.2) is 0 Å². The third-order valence-corrected chi connectivity index (χ3v) is 3.00. The Morgan fingerprint density at radius 3 is 2.82 bits per heavy atom. The minimum absolute atomic E-state index is 0.122. The third kappa shape index (κ3) is 3.71. The van der Waals surface area contributed by atoms with E-state index in [1.54, 1.807) is 0 Å². The van der Waals surface area contributed by atoms with Crippen molar-refractivity contribution in [3.8, 4) is 0 Å². The number of nitrogens with zero attached hydrogens (tertiary/aromatic N) is 2. The molecule has 0 atom stereocenters. The Hall–Kier alpha value is -1.07. The fraction of sp³-hybridized carbons (Fsp3) is 0.583. The SMILES string of the molecule is FC(F)c1cc(CCN2CCNCC2)ccn1. The number of nitrogens with one attached hydrogen (secondary N) is 1. The number of aromatic nitrogens is 1. The lowest BCUT2D eigenvalue weighted by molar-refractivity contribution is 0.146. The van der Waals surface area contributed by atoms with Crippen LogP contribution in [0.25, 0.3) is 0 Å². The van der Waals surface area contributed by atoms with Crippen LogP contribution in [0.5, 0.6) is 0 Å². The number of rotatable bonds is 4. The molecule has 1 aromatic heterocycles. The maximum Gasteiger partial charge on any atom is 0.280 e. The first-order valence-electron chi connectivity index (χ1n) is 5.92. The van der Waals surface area contributed by atoms with Gasteiger partial charge in [0.05, 0.1) is 0 Å². The van der Waals surface area contributed by atoms with E-state index in [4.69, 9.17) is 0 Å². The van der Waals surface area contributed by atoms with E-state index < -0.39 is 6.43 Å². The topological polar surface area (TPSA) is 28.2 Å². The number of hydrogen-bond donors (Lipinski definition) is 1. The smallest absolute Gasteiger partial charge is 0.280 e. The Morgan fingerprint density at radius 1 is 1.35 bits per heavy atom. The van der Waals surface area contributed by atoms with Gasteiger partial charge in [-0.25, -0.2) is 8.78 Å². The Labute approximate surface area is 99.8 Å². The molecular weight excluding hydrogens is 224 g/mol. The van der Waals surface area contributed by atoms with E-state index in [9.17, 15) is 8.78 Å². The summed E-state index contributed by atoms with van der Waals surface area (Å²) in [5.41, 5.74) is 0.816. The summed E-state index contributed by atoms with van der Waals surface area (Å²) in [6, 6.07) is 3.32. The van der Waals surface area contributed by atoms with Crippen LogP contribution in [0, 0.1) is 0 Å². The van der Waals surface area contributed by atoms with E-state index in [0.717, 1.165) is 44.7 Å². The van der Waals surface area contributed by atoms with Crippen molar-refractivity contribution in [1.82, 2.24) is 15.2 Å². The third-order valence-electron chi connectivity index (χ3n) is 3.00. The van der Waals surface area contributed by atoms with Crippen LogP contribution in [0.15, 0.2) is 18.3 Å². The zero-order valence-electron chi connectivity index (χ0n) is 9.70. The summed E-state index contributed by atoms with van der Waals surface area (Å²) in [6.07, 6.45) is -0.203. The molecule has 1 fully saturated rings. The van der Waals surface area contributed by atoms with Crippen LogP contribution in [0.3, 0.4) is 0 Å². The van der Waals surface area contributed by atoms with Crippen molar-refractivity contribution >= 4 is 0 Å². The molecule has 3 nitrogen and oxygen atoms in total. The molecule has 94 valence electrons. The van der Waals surface area contributed by atoms with Gasteiger partial charge in [-0.05, 0) is 24.1 Å². The van der Waals surface area contributed by atoms with Crippen LogP contribution in [0.4, 0.5) is 8.78 Å². The van der Waals surface area contributed by atoms with Crippen LogP contribution in [-0.2, 0) is 6.42 Å². The van der Waals surface area contributed by atoms with Gasteiger partial charge < -0.3 is 10.2 Å². The highest BCUT2D eigenvalue weighted by Crippen LogP contribution is 2.17. The second kappa shape index (κ2) is 6.02. The van der Waals surface area contributed by atoms with Crippen LogP contribution in [0.2, 0.25) is 0 Å². The number of halogens is 2. The van der Waals surface area contributed by atoms with E-state index in [2.05, 4.69) is 15.2 Å². The van der Waals surface area contributed by atoms with Crippen molar-refractivity contribution in [2.24, 2.45) is 0 Å². The van der Waals surface area contributed by atoms with Crippen molar-refractivity contribution in [1.29, 1.82) is 0 Å². The highest BCUT2D eigenvalue weighted by Gasteiger charge is 2.11. The summed E-state index contributed by atoms with van der Waals surface area (Å²) in [4.78, 5) is 6.01. The highest BCUT2D eigenvalue weighted by molar-refractivity contribution is 5.17. The normalized spacial score (nSPS) is 17.6. The van der Waals surface area contributed by atoms with Crippen molar-refractivity contribution in [3.05, 3.63) is 29.6 Å². The van der Waals surface area contributed by atoms with Gasteiger partial charge in [-0.3, -0.25) is 4.98 Å². The summed E-state index contributed by atoms with van der Waals surface area (Å²) in [5, 5.41) is 3.29. The Morgan fingerprint density at radius 2 is 2.12 bits per heavy atom. The van der Waals surface area contributed by atoms with Gasteiger partial charge >= 0.3 is 0 Å². The van der Waals surface area contributed by atoms with Crippen LogP contribution in [0.1, 0.15) is 17.7 Å². The predicted octanol–water partition coefficient (Wildman–Crippen LogP) is 1.47. The lowest BCUT2D eigenvalue weighted by Crippen LogP contribution is -2.44. The summed E-state index contributed by atoms with van der Waals surface area (Å²) in [5.74, 6) is 0. The van der Waals surface area contributed by atoms with Gasteiger partial charge in [0, 0.05) is 38.9 Å². The highest BCUT2D eigenvalue weighted by atomic mass is 19.3. The molecular formula is C12H17F2N3. The van der Waals surface area contributed by atoms with Gasteiger partial charge in [-0.1, -0.05) is 0 Å². The zero-order chi connectivity index (χ0) is 12.1. The van der Waals surface area contributed by atoms with Crippen LogP contribution >= 0.6 is 0 Å². The molecule has 1 aromatic rings. The van der Waals surface area contributed by atoms with Gasteiger partial charge in [-0.15, -0.1) is 0 Å². The summed E-state index contributed by atoms with van der Waals surface area (Å²) >= 11 is 0. The second-order valence-electron chi connectivity index (χ2n) is 4.23. The fourth-order valence-electron chi connectivity index (χ4n) is 1.99. The number of hydrogen-bond acceptors (Lipinski definition) is 3. The molecule has 0 radical (unpaired) electrons. The molecule has 0 aromatic carbocycles. The molecule has 5 heteroatoms. The van der Waals surface area contributed by atoms with Crippen molar-refractivity contribution in [2.75, 3.05) is 32.7 Å². The minimum Gasteiger partial charge on any atom is -0.314 e. The quantitative estimate of drug-likeness (QED) is 0.865. The van der Waals surface area contributed by atoms with Crippen molar-refractivity contribution in [2.45, 2.75) is 12.8 Å². The molecule has 17 heavy (non-hydrogen) atoms. The molecule has 2 rings (SSSR count). The number of pyridine rings is 1. The first-order valence-corrected chi connectivity index (χ1v) is 5.92. The lowest BCUT2D eigenvalue weighted by atomic mass is 10.1. The Balaban J connectivity index is 1.87. The average Bonchev–Trinajstić information content (AvgIpc) is 2.38. The summed E-state index contributed by atoms with van der Waals surface area (Å²) < 4.78 is 24.9. The van der Waals surface area contributed by atoms with Gasteiger partial charge in [0.1, 0.15) is 5.69 Å². The summed E-state index contributed by atoms with van der Waals surface area (Å²) in [7, 11) is 0. The van der Waals surface area contributed by atoms with E-state index in [1.165, 1.54) is 12.3 Å². The van der Waals surface area contributed by atoms with E-state index in [-0.39, 0.29) is 5.69 Å². The molecule has 0 unspecified atom stereocenters. The predicted molar refractivity (Wildman–Crippen MR) is 62.2 cm³/mol. The monoisotopic (exact) mass is 241 g/mol. The first-order chi connectivity index (χ1) is 8.25. The molecule has 0 aliphatic carbocycles. The molecule has 0 bridgehead atoms. The zero-order valence-corrected chi connectivity index (χ0v) is 9.70. The summed E-state index contributed by atoms with van der Waals surface area (Å²) in [6.45, 7) is 5.02. The average molecular weight is 241 g/mol. The molecule has 0 saturated carbocycles. The van der Waals surface area contributed by atoms with Crippen molar-refractivity contribution in [3.63, 3.8) is 0 Å². The standard InChI is InChI=1S/C12H17F2N3/c13-12(14)11-9-10(1-3-16-11)2-6-17-7-4-15-5-8-17/h1,3,9,12,15H,2,4-8H2. The molecule has 0 amide bonds. The Bertz CT molecular complexity index is 351. The maximum atomic E-state index is 12.5. The lowest BCUT2D eigenvalue weighted by Gasteiger charge is -2.27. The maximum absolute atomic E-state index is 12.5. The van der Waals surface area contributed by atoms with Gasteiger partial charge in [-0.2, -0.15) is 0 Å². The second-order valence-corrected chi connectivity index (χ2v) is 4.23. The van der Waals surface area contributed by atoms with E-state index >= 15 is 0 Å². The largest absolute Gasteiger partial charge is 0.314 e. The van der Waals surface area contributed by atoms with Gasteiger partial charge in [0.25, 0.3) is 6.43 Å². The Kier molecular flexibility index (Phi) is 4.39. The first kappa shape index (κ1) is 12.4. The molecule has 1 N–H and O–H groups in total. The number of piperazine rings is 1. The van der Waals surface area contributed by atoms with E-state index in [0.29, 0.717) is 0 Å². The van der Waals surface area contributed by atoms with E-state index in [1.807, 2.05) is 6.07 Å². The number of alkyl halides is 2. The molecule has 0 spiro atoms. The molecule has 2 heterocycles. The van der Waals surface area contributed by atoms with Crippen LogP contribution < -0.4 is 5.32 Å². The van der Waals surface area contributed by atoms with Crippen LogP contribution in [-0.4, -0.2) is 42.6 Å². The van der Waals surface area contributed by atoms with Gasteiger partial charge in [0.2, 0.25) is 0 Å². The fourth-order valence-corrected chi connectivity index (χ4v) is 1.99. The molecule has 1 saturated heterocycles. The molecule has 1 aliphatic heterocycles.